The summed E-state index contributed by atoms with van der Waals surface area (Å²) in [6, 6.07) is 10.5. The monoisotopic (exact) mass is 423 g/mol. The molecule has 3 rings (SSSR count). The third-order valence-electron chi connectivity index (χ3n) is 4.47. The number of hydrogen-bond acceptors (Lipinski definition) is 5. The highest BCUT2D eigenvalue weighted by molar-refractivity contribution is 7.93. The number of hydrogen-bond donors (Lipinski definition) is 0. The standard InChI is InChI=1S/C18H18ClN3O5S/c1-20(12-14-11-16(22(24)25)6-7-17(14)19)18(23)13-4-2-5-15(10-13)21-8-3-9-28(21,26)27/h2,4-7,10-11H,3,8-9,12H2,1H3. The zero-order chi connectivity index (χ0) is 20.5. The molecule has 0 spiro atoms. The van der Waals surface area contributed by atoms with Crippen LogP contribution < -0.4 is 4.31 Å². The first-order chi connectivity index (χ1) is 13.2. The molecule has 1 amide bonds. The number of nitrogens with zero attached hydrogens (tertiary/aromatic N) is 3. The smallest absolute Gasteiger partial charge is 0.269 e. The number of sulfonamides is 1. The van der Waals surface area contributed by atoms with Crippen LogP contribution in [0.2, 0.25) is 5.02 Å². The molecule has 0 unspecified atom stereocenters. The normalized spacial score (nSPS) is 15.4. The molecule has 0 saturated carbocycles. The minimum absolute atomic E-state index is 0.0750. The molecule has 0 aromatic heterocycles. The Hall–Kier alpha value is -2.65. The molecule has 0 atom stereocenters. The summed E-state index contributed by atoms with van der Waals surface area (Å²) in [5, 5.41) is 11.3. The van der Waals surface area contributed by atoms with Crippen molar-refractivity contribution in [2.45, 2.75) is 13.0 Å². The average molecular weight is 424 g/mol. The van der Waals surface area contributed by atoms with Crippen molar-refractivity contribution < 1.29 is 18.1 Å². The van der Waals surface area contributed by atoms with Crippen molar-refractivity contribution in [3.63, 3.8) is 0 Å². The molecule has 8 nitrogen and oxygen atoms in total. The summed E-state index contributed by atoms with van der Waals surface area (Å²) in [5.74, 6) is -0.253. The maximum atomic E-state index is 12.8. The molecule has 28 heavy (non-hydrogen) atoms. The maximum Gasteiger partial charge on any atom is 0.269 e. The Morgan fingerprint density at radius 2 is 2.04 bits per heavy atom. The fourth-order valence-corrected chi connectivity index (χ4v) is 4.80. The maximum absolute atomic E-state index is 12.8. The lowest BCUT2D eigenvalue weighted by molar-refractivity contribution is -0.384. The minimum atomic E-state index is -3.34. The third kappa shape index (κ3) is 4.10. The molecule has 1 aliphatic rings. The van der Waals surface area contributed by atoms with E-state index >= 15 is 0 Å². The largest absolute Gasteiger partial charge is 0.337 e. The number of amides is 1. The molecule has 0 bridgehead atoms. The molecular weight excluding hydrogens is 406 g/mol. The lowest BCUT2D eigenvalue weighted by atomic mass is 10.1. The van der Waals surface area contributed by atoms with E-state index in [0.29, 0.717) is 34.8 Å². The van der Waals surface area contributed by atoms with Crippen molar-refractivity contribution in [3.05, 3.63) is 68.7 Å². The van der Waals surface area contributed by atoms with Crippen molar-refractivity contribution in [1.29, 1.82) is 0 Å². The zero-order valence-electron chi connectivity index (χ0n) is 15.0. The second kappa shape index (κ2) is 7.76. The van der Waals surface area contributed by atoms with Gasteiger partial charge in [-0.05, 0) is 36.2 Å². The van der Waals surface area contributed by atoms with Crippen LogP contribution in [-0.2, 0) is 16.6 Å². The van der Waals surface area contributed by atoms with E-state index in [9.17, 15) is 23.3 Å². The highest BCUT2D eigenvalue weighted by atomic mass is 35.5. The van der Waals surface area contributed by atoms with Crippen molar-refractivity contribution in [2.24, 2.45) is 0 Å². The van der Waals surface area contributed by atoms with Crippen molar-refractivity contribution in [3.8, 4) is 0 Å². The SMILES string of the molecule is CN(Cc1cc([N+](=O)[O-])ccc1Cl)C(=O)c1cccc(N2CCCS2(=O)=O)c1. The van der Waals surface area contributed by atoms with E-state index in [4.69, 9.17) is 11.6 Å². The number of nitro groups is 1. The van der Waals surface area contributed by atoms with Gasteiger partial charge in [-0.2, -0.15) is 0 Å². The Morgan fingerprint density at radius 1 is 1.29 bits per heavy atom. The molecule has 1 fully saturated rings. The first-order valence-electron chi connectivity index (χ1n) is 8.48. The number of benzene rings is 2. The molecule has 10 heteroatoms. The van der Waals surface area contributed by atoms with Gasteiger partial charge in [0.2, 0.25) is 10.0 Å². The van der Waals surface area contributed by atoms with Crippen LogP contribution in [0.15, 0.2) is 42.5 Å². The summed E-state index contributed by atoms with van der Waals surface area (Å²) in [6.45, 7) is 0.463. The summed E-state index contributed by atoms with van der Waals surface area (Å²) in [4.78, 5) is 24.6. The second-order valence-electron chi connectivity index (χ2n) is 6.49. The van der Waals surface area contributed by atoms with Crippen molar-refractivity contribution in [2.75, 3.05) is 23.7 Å². The van der Waals surface area contributed by atoms with E-state index in [0.717, 1.165) is 0 Å². The quantitative estimate of drug-likeness (QED) is 0.543. The number of carbonyl (C=O) groups is 1. The minimum Gasteiger partial charge on any atom is -0.337 e. The fourth-order valence-electron chi connectivity index (χ4n) is 3.07. The summed E-state index contributed by atoms with van der Waals surface area (Å²) in [7, 11) is -1.79. The van der Waals surface area contributed by atoms with E-state index in [1.807, 2.05) is 0 Å². The van der Waals surface area contributed by atoms with Gasteiger partial charge < -0.3 is 4.90 Å². The molecule has 0 aliphatic carbocycles. The van der Waals surface area contributed by atoms with Crippen LogP contribution in [0.1, 0.15) is 22.3 Å². The number of rotatable bonds is 5. The third-order valence-corrected chi connectivity index (χ3v) is 6.71. The van der Waals surface area contributed by atoms with Crippen LogP contribution in [0.4, 0.5) is 11.4 Å². The van der Waals surface area contributed by atoms with Crippen LogP contribution in [-0.4, -0.2) is 43.5 Å². The topological polar surface area (TPSA) is 101 Å². The van der Waals surface area contributed by atoms with Gasteiger partial charge in [-0.3, -0.25) is 19.2 Å². The van der Waals surface area contributed by atoms with Gasteiger partial charge in [-0.25, -0.2) is 8.42 Å². The number of nitro benzene ring substituents is 1. The van der Waals surface area contributed by atoms with Crippen LogP contribution in [0.25, 0.3) is 0 Å². The van der Waals surface area contributed by atoms with Crippen LogP contribution >= 0.6 is 11.6 Å². The van der Waals surface area contributed by atoms with Crippen LogP contribution in [0.3, 0.4) is 0 Å². The van der Waals surface area contributed by atoms with Gasteiger partial charge in [0.15, 0.2) is 0 Å². The van der Waals surface area contributed by atoms with E-state index < -0.39 is 14.9 Å². The fraction of sp³-hybridized carbons (Fsp3) is 0.278. The van der Waals surface area contributed by atoms with Crippen molar-refractivity contribution in [1.82, 2.24) is 4.90 Å². The lowest BCUT2D eigenvalue weighted by Crippen LogP contribution is -2.28. The van der Waals surface area contributed by atoms with E-state index in [2.05, 4.69) is 0 Å². The highest BCUT2D eigenvalue weighted by Gasteiger charge is 2.29. The summed E-state index contributed by atoms with van der Waals surface area (Å²) in [6.07, 6.45) is 0.547. The molecule has 1 saturated heterocycles. The molecule has 148 valence electrons. The Labute approximate surface area is 167 Å². The zero-order valence-corrected chi connectivity index (χ0v) is 16.6. The molecule has 2 aromatic carbocycles. The van der Waals surface area contributed by atoms with E-state index in [1.165, 1.54) is 33.5 Å². The molecule has 2 aromatic rings. The number of carbonyl (C=O) groups excluding carboxylic acids is 1. The summed E-state index contributed by atoms with van der Waals surface area (Å²) < 4.78 is 25.5. The predicted molar refractivity (Wildman–Crippen MR) is 106 cm³/mol. The first-order valence-corrected chi connectivity index (χ1v) is 10.5. The Bertz CT molecular complexity index is 1040. The van der Waals surface area contributed by atoms with Gasteiger partial charge in [-0.15, -0.1) is 0 Å². The molecule has 0 radical (unpaired) electrons. The molecule has 1 heterocycles. The molecular formula is C18H18ClN3O5S. The van der Waals surface area contributed by atoms with Gasteiger partial charge in [0.25, 0.3) is 11.6 Å². The van der Waals surface area contributed by atoms with Gasteiger partial charge in [-0.1, -0.05) is 17.7 Å². The van der Waals surface area contributed by atoms with Crippen LogP contribution in [0.5, 0.6) is 0 Å². The average Bonchev–Trinajstić information content (AvgIpc) is 3.01. The lowest BCUT2D eigenvalue weighted by Gasteiger charge is -2.20. The summed E-state index contributed by atoms with van der Waals surface area (Å²) in [5.41, 5.74) is 1.11. The second-order valence-corrected chi connectivity index (χ2v) is 8.91. The summed E-state index contributed by atoms with van der Waals surface area (Å²) >= 11 is 6.10. The Kier molecular flexibility index (Phi) is 5.57. The number of halogens is 1. The van der Waals surface area contributed by atoms with E-state index in [1.54, 1.807) is 25.2 Å². The van der Waals surface area contributed by atoms with Gasteiger partial charge in [0.05, 0.1) is 16.4 Å². The van der Waals surface area contributed by atoms with Gasteiger partial charge >= 0.3 is 0 Å². The first kappa shape index (κ1) is 20.1. The van der Waals surface area contributed by atoms with Crippen molar-refractivity contribution >= 4 is 38.9 Å². The molecule has 1 aliphatic heterocycles. The number of anilines is 1. The highest BCUT2D eigenvalue weighted by Crippen LogP contribution is 2.26. The Balaban J connectivity index is 1.82. The molecule has 0 N–H and O–H groups in total. The van der Waals surface area contributed by atoms with Gasteiger partial charge in [0, 0.05) is 42.9 Å². The van der Waals surface area contributed by atoms with E-state index in [-0.39, 0.29) is 23.9 Å². The Morgan fingerprint density at radius 3 is 2.68 bits per heavy atom. The van der Waals surface area contributed by atoms with Crippen LogP contribution in [0, 0.1) is 10.1 Å². The number of non-ortho nitro benzene ring substituents is 1. The predicted octanol–water partition coefficient (Wildman–Crippen LogP) is 3.06. The van der Waals surface area contributed by atoms with Gasteiger partial charge in [0.1, 0.15) is 0 Å².